The average molecular weight is 311 g/mol. The number of sulfone groups is 1. The topological polar surface area (TPSA) is 86.5 Å². The maximum absolute atomic E-state index is 11.8. The molecule has 0 aliphatic heterocycles. The van der Waals surface area contributed by atoms with Gasteiger partial charge in [0.1, 0.15) is 0 Å². The lowest BCUT2D eigenvalue weighted by Crippen LogP contribution is -2.09. The van der Waals surface area contributed by atoms with Gasteiger partial charge in [-0.3, -0.25) is 0 Å². The molecule has 0 saturated heterocycles. The van der Waals surface area contributed by atoms with Crippen LogP contribution in [0.2, 0.25) is 0 Å². The maximum Gasteiger partial charge on any atom is 0.337 e. The number of aryl methyl sites for hydroxylation is 1. The van der Waals surface area contributed by atoms with Crippen LogP contribution in [0, 0.1) is 6.92 Å². The summed E-state index contributed by atoms with van der Waals surface area (Å²) in [6.45, 7) is 10.4. The Morgan fingerprint density at radius 2 is 1.95 bits per heavy atom. The lowest BCUT2D eigenvalue weighted by molar-refractivity contribution is -0.135. The molecule has 0 amide bonds. The van der Waals surface area contributed by atoms with E-state index in [2.05, 4.69) is 23.1 Å². The predicted octanol–water partition coefficient (Wildman–Crippen LogP) is 2.04. The summed E-state index contributed by atoms with van der Waals surface area (Å²) in [5.74, 6) is -0.465. The first-order valence-corrected chi connectivity index (χ1v) is 7.80. The molecule has 0 bridgehead atoms. The molecule has 0 radical (unpaired) electrons. The first kappa shape index (κ1) is 16.9. The summed E-state index contributed by atoms with van der Waals surface area (Å²) in [5, 5.41) is 3.72. The Balaban J connectivity index is 3.56. The van der Waals surface area contributed by atoms with Crippen LogP contribution in [0.3, 0.4) is 0 Å². The van der Waals surface area contributed by atoms with E-state index in [4.69, 9.17) is 4.52 Å². The molecule has 7 heteroatoms. The lowest BCUT2D eigenvalue weighted by atomic mass is 10.0. The molecule has 6 nitrogen and oxygen atoms in total. The Bertz CT molecular complexity index is 737. The largest absolute Gasteiger partial charge is 0.465 e. The Hall–Kier alpha value is -2.15. The lowest BCUT2D eigenvalue weighted by Gasteiger charge is -2.12. The van der Waals surface area contributed by atoms with Crippen LogP contribution in [-0.4, -0.2) is 32.9 Å². The molecule has 0 aromatic carbocycles. The maximum atomic E-state index is 11.8. The highest BCUT2D eigenvalue weighted by Gasteiger charge is 2.24. The summed E-state index contributed by atoms with van der Waals surface area (Å²) in [6.07, 6.45) is 1.02. The standard InChI is InChI=1S/C14H17NO5S/c1-8-7-12(20-15-8)13(11(4)21(6,17)18)9(2)10(3)14(16)19-5/h7H,3-4H2,1-2,5-6H3/b13-9+. The minimum absolute atomic E-state index is 0.0198. The van der Waals surface area contributed by atoms with Crippen molar-refractivity contribution >= 4 is 21.4 Å². The van der Waals surface area contributed by atoms with Gasteiger partial charge in [-0.05, 0) is 19.4 Å². The van der Waals surface area contributed by atoms with Crippen molar-refractivity contribution in [3.63, 3.8) is 0 Å². The predicted molar refractivity (Wildman–Crippen MR) is 79.0 cm³/mol. The molecule has 1 aromatic heterocycles. The first-order valence-electron chi connectivity index (χ1n) is 5.91. The number of aromatic nitrogens is 1. The molecular weight excluding hydrogens is 294 g/mol. The van der Waals surface area contributed by atoms with Crippen molar-refractivity contribution in [3.05, 3.63) is 46.7 Å². The summed E-state index contributed by atoms with van der Waals surface area (Å²) < 4.78 is 33.2. The second-order valence-electron chi connectivity index (χ2n) is 4.50. The highest BCUT2D eigenvalue weighted by molar-refractivity contribution is 7.95. The third-order valence-electron chi connectivity index (χ3n) is 2.86. The number of carbonyl (C=O) groups is 1. The third kappa shape index (κ3) is 3.69. The molecule has 0 unspecified atom stereocenters. The second-order valence-corrected chi connectivity index (χ2v) is 6.54. The number of allylic oxidation sites excluding steroid dienone is 1. The molecule has 0 spiro atoms. The Morgan fingerprint density at radius 1 is 1.38 bits per heavy atom. The van der Waals surface area contributed by atoms with Gasteiger partial charge in [0, 0.05) is 17.9 Å². The molecule has 0 saturated carbocycles. The van der Waals surface area contributed by atoms with Gasteiger partial charge in [0.05, 0.1) is 23.3 Å². The van der Waals surface area contributed by atoms with Gasteiger partial charge in [0.15, 0.2) is 15.6 Å². The Labute approximate surface area is 123 Å². The SMILES string of the molecule is C=C(C(=O)OC)/C(C)=C(\C(=C)S(C)(=O)=O)c1cc(C)no1. The zero-order valence-electron chi connectivity index (χ0n) is 12.4. The van der Waals surface area contributed by atoms with Gasteiger partial charge in [-0.1, -0.05) is 18.3 Å². The Morgan fingerprint density at radius 3 is 2.33 bits per heavy atom. The molecule has 1 rings (SSSR count). The van der Waals surface area contributed by atoms with Crippen LogP contribution in [0.25, 0.3) is 5.57 Å². The van der Waals surface area contributed by atoms with E-state index in [0.717, 1.165) is 6.26 Å². The van der Waals surface area contributed by atoms with Crippen LogP contribution in [-0.2, 0) is 19.4 Å². The van der Waals surface area contributed by atoms with Gasteiger partial charge in [-0.15, -0.1) is 0 Å². The van der Waals surface area contributed by atoms with Gasteiger partial charge in [-0.25, -0.2) is 13.2 Å². The molecular formula is C14H17NO5S. The van der Waals surface area contributed by atoms with Crippen molar-refractivity contribution in [3.8, 4) is 0 Å². The highest BCUT2D eigenvalue weighted by atomic mass is 32.2. The summed E-state index contributed by atoms with van der Waals surface area (Å²) in [4.78, 5) is 11.4. The van der Waals surface area contributed by atoms with Gasteiger partial charge < -0.3 is 9.26 Å². The van der Waals surface area contributed by atoms with Gasteiger partial charge in [0.25, 0.3) is 0 Å². The number of methoxy groups -OCH3 is 1. The molecule has 1 aromatic rings. The quantitative estimate of drug-likeness (QED) is 0.470. The van der Waals surface area contributed by atoms with E-state index in [9.17, 15) is 13.2 Å². The second kappa shape index (κ2) is 6.09. The number of hydrogen-bond acceptors (Lipinski definition) is 6. The van der Waals surface area contributed by atoms with Crippen LogP contribution < -0.4 is 0 Å². The average Bonchev–Trinajstić information content (AvgIpc) is 2.82. The summed E-state index contributed by atoms with van der Waals surface area (Å²) in [5.41, 5.74) is 1.05. The molecule has 21 heavy (non-hydrogen) atoms. The van der Waals surface area contributed by atoms with Crippen LogP contribution in [0.1, 0.15) is 18.4 Å². The normalized spacial score (nSPS) is 12.6. The van der Waals surface area contributed by atoms with Crippen molar-refractivity contribution in [1.82, 2.24) is 5.16 Å². The van der Waals surface area contributed by atoms with E-state index < -0.39 is 15.8 Å². The number of carbonyl (C=O) groups excluding carboxylic acids is 1. The Kier molecular flexibility index (Phi) is 4.90. The number of rotatable bonds is 5. The fourth-order valence-corrected chi connectivity index (χ4v) is 2.25. The minimum Gasteiger partial charge on any atom is -0.465 e. The van der Waals surface area contributed by atoms with Gasteiger partial charge in [-0.2, -0.15) is 0 Å². The summed E-state index contributed by atoms with van der Waals surface area (Å²) in [7, 11) is -2.37. The van der Waals surface area contributed by atoms with E-state index in [1.54, 1.807) is 19.9 Å². The highest BCUT2D eigenvalue weighted by Crippen LogP contribution is 2.32. The van der Waals surface area contributed by atoms with Crippen LogP contribution in [0.5, 0.6) is 0 Å². The van der Waals surface area contributed by atoms with E-state index in [-0.39, 0.29) is 21.8 Å². The molecule has 0 atom stereocenters. The van der Waals surface area contributed by atoms with E-state index in [1.165, 1.54) is 7.11 Å². The van der Waals surface area contributed by atoms with Crippen molar-refractivity contribution in [2.24, 2.45) is 0 Å². The van der Waals surface area contributed by atoms with Gasteiger partial charge in [0.2, 0.25) is 0 Å². The summed E-state index contributed by atoms with van der Waals surface area (Å²) >= 11 is 0. The fourth-order valence-electron chi connectivity index (χ4n) is 1.63. The molecule has 0 aliphatic carbocycles. The van der Waals surface area contributed by atoms with Crippen molar-refractivity contribution < 1.29 is 22.5 Å². The zero-order chi connectivity index (χ0) is 16.4. The summed E-state index contributed by atoms with van der Waals surface area (Å²) in [6, 6.07) is 1.56. The van der Waals surface area contributed by atoms with Crippen molar-refractivity contribution in [1.29, 1.82) is 0 Å². The smallest absolute Gasteiger partial charge is 0.337 e. The van der Waals surface area contributed by atoms with Crippen LogP contribution in [0.15, 0.2) is 39.8 Å². The van der Waals surface area contributed by atoms with Crippen molar-refractivity contribution in [2.45, 2.75) is 13.8 Å². The molecule has 0 aliphatic rings. The number of nitrogens with zero attached hydrogens (tertiary/aromatic N) is 1. The van der Waals surface area contributed by atoms with Crippen LogP contribution >= 0.6 is 0 Å². The van der Waals surface area contributed by atoms with E-state index in [1.807, 2.05) is 0 Å². The number of hydrogen-bond donors (Lipinski definition) is 0. The number of ether oxygens (including phenoxy) is 1. The van der Waals surface area contributed by atoms with Crippen LogP contribution in [0.4, 0.5) is 0 Å². The molecule has 0 fully saturated rings. The third-order valence-corrected chi connectivity index (χ3v) is 3.96. The number of esters is 1. The van der Waals surface area contributed by atoms with E-state index in [0.29, 0.717) is 11.3 Å². The zero-order valence-corrected chi connectivity index (χ0v) is 13.2. The molecule has 114 valence electrons. The monoisotopic (exact) mass is 311 g/mol. The fraction of sp³-hybridized carbons (Fsp3) is 0.286. The molecule has 0 N–H and O–H groups in total. The molecule has 1 heterocycles. The van der Waals surface area contributed by atoms with Gasteiger partial charge >= 0.3 is 5.97 Å². The minimum atomic E-state index is -3.59. The van der Waals surface area contributed by atoms with Crippen molar-refractivity contribution in [2.75, 3.05) is 13.4 Å². The van der Waals surface area contributed by atoms with E-state index >= 15 is 0 Å². The first-order chi connectivity index (χ1) is 9.59.